The third-order valence-corrected chi connectivity index (χ3v) is 2.40. The summed E-state index contributed by atoms with van der Waals surface area (Å²) in [5.41, 5.74) is 1.36. The van der Waals surface area contributed by atoms with Crippen molar-refractivity contribution in [2.24, 2.45) is 5.92 Å². The first-order valence-electron chi connectivity index (χ1n) is 5.30. The summed E-state index contributed by atoms with van der Waals surface area (Å²) in [5, 5.41) is 6.40. The number of hydrogen-bond donors (Lipinski definition) is 2. The molecule has 0 aliphatic carbocycles. The van der Waals surface area contributed by atoms with Gasteiger partial charge in [0.2, 0.25) is 0 Å². The van der Waals surface area contributed by atoms with Gasteiger partial charge in [-0.3, -0.25) is 4.79 Å². The predicted molar refractivity (Wildman–Crippen MR) is 68.2 cm³/mol. The predicted octanol–water partition coefficient (Wildman–Crippen LogP) is 2.77. The van der Waals surface area contributed by atoms with E-state index in [9.17, 15) is 4.79 Å². The molecule has 0 heterocycles. The topological polar surface area (TPSA) is 41.1 Å². The molecule has 3 nitrogen and oxygen atoms in total. The van der Waals surface area contributed by atoms with Crippen LogP contribution in [0, 0.1) is 5.92 Å². The fourth-order valence-electron chi connectivity index (χ4n) is 1.31. The van der Waals surface area contributed by atoms with Gasteiger partial charge in [0.25, 0.3) is 5.91 Å². The van der Waals surface area contributed by atoms with Gasteiger partial charge < -0.3 is 10.6 Å². The number of anilines is 1. The lowest BCUT2D eigenvalue weighted by Gasteiger charge is -2.11. The van der Waals surface area contributed by atoms with Crippen LogP contribution in [0.5, 0.6) is 0 Å². The quantitative estimate of drug-likeness (QED) is 0.850. The summed E-state index contributed by atoms with van der Waals surface area (Å²) in [6, 6.07) is 5.22. The van der Waals surface area contributed by atoms with Crippen molar-refractivity contribution in [1.29, 1.82) is 0 Å². The highest BCUT2D eigenvalue weighted by Crippen LogP contribution is 2.20. The third kappa shape index (κ3) is 3.42. The fourth-order valence-corrected chi connectivity index (χ4v) is 1.49. The van der Waals surface area contributed by atoms with Crippen molar-refractivity contribution in [1.82, 2.24) is 5.32 Å². The molecule has 16 heavy (non-hydrogen) atoms. The Kier molecular flexibility index (Phi) is 4.62. The van der Waals surface area contributed by atoms with Crippen molar-refractivity contribution in [2.75, 3.05) is 18.9 Å². The molecular formula is C12H17ClN2O. The lowest BCUT2D eigenvalue weighted by atomic mass is 10.1. The molecule has 0 aromatic heterocycles. The van der Waals surface area contributed by atoms with Gasteiger partial charge in [-0.25, -0.2) is 0 Å². The molecule has 1 rings (SSSR count). The molecule has 0 saturated carbocycles. The standard InChI is InChI=1S/C12H17ClN2O/c1-8(2)7-15-12(16)10-6-9(13)4-5-11(10)14-3/h4-6,8,14H,7H2,1-3H3,(H,15,16). The lowest BCUT2D eigenvalue weighted by molar-refractivity contribution is 0.0950. The number of amides is 1. The van der Waals surface area contributed by atoms with Crippen LogP contribution in [-0.4, -0.2) is 19.5 Å². The first kappa shape index (κ1) is 12.8. The van der Waals surface area contributed by atoms with Gasteiger partial charge >= 0.3 is 0 Å². The molecule has 0 aliphatic heterocycles. The van der Waals surface area contributed by atoms with Gasteiger partial charge in [-0.15, -0.1) is 0 Å². The van der Waals surface area contributed by atoms with Crippen LogP contribution in [0.1, 0.15) is 24.2 Å². The highest BCUT2D eigenvalue weighted by atomic mass is 35.5. The van der Waals surface area contributed by atoms with Gasteiger partial charge in [0, 0.05) is 24.3 Å². The van der Waals surface area contributed by atoms with Crippen molar-refractivity contribution in [3.05, 3.63) is 28.8 Å². The first-order chi connectivity index (χ1) is 7.54. The van der Waals surface area contributed by atoms with E-state index in [1.165, 1.54) is 0 Å². The number of halogens is 1. The molecule has 4 heteroatoms. The normalized spacial score (nSPS) is 10.3. The number of benzene rings is 1. The molecule has 0 aliphatic rings. The van der Waals surface area contributed by atoms with E-state index < -0.39 is 0 Å². The lowest BCUT2D eigenvalue weighted by Crippen LogP contribution is -2.27. The molecule has 2 N–H and O–H groups in total. The molecular weight excluding hydrogens is 224 g/mol. The SMILES string of the molecule is CNc1ccc(Cl)cc1C(=O)NCC(C)C. The van der Waals surface area contributed by atoms with Crippen molar-refractivity contribution in [3.8, 4) is 0 Å². The Balaban J connectivity index is 2.84. The zero-order chi connectivity index (χ0) is 12.1. The fraction of sp³-hybridized carbons (Fsp3) is 0.417. The highest BCUT2D eigenvalue weighted by molar-refractivity contribution is 6.31. The van der Waals surface area contributed by atoms with E-state index in [4.69, 9.17) is 11.6 Å². The number of nitrogens with one attached hydrogen (secondary N) is 2. The summed E-state index contributed by atoms with van der Waals surface area (Å²) in [6.45, 7) is 4.77. The van der Waals surface area contributed by atoms with Crippen molar-refractivity contribution >= 4 is 23.2 Å². The van der Waals surface area contributed by atoms with Gasteiger partial charge in [-0.2, -0.15) is 0 Å². The maximum atomic E-state index is 11.9. The van der Waals surface area contributed by atoms with E-state index in [2.05, 4.69) is 24.5 Å². The Bertz CT molecular complexity index is 377. The second-order valence-corrected chi connectivity index (χ2v) is 4.48. The van der Waals surface area contributed by atoms with Crippen LogP contribution in [-0.2, 0) is 0 Å². The van der Waals surface area contributed by atoms with E-state index in [1.54, 1.807) is 25.2 Å². The Morgan fingerprint density at radius 3 is 2.69 bits per heavy atom. The Morgan fingerprint density at radius 1 is 1.44 bits per heavy atom. The molecule has 1 aromatic rings. The van der Waals surface area contributed by atoms with Crippen LogP contribution >= 0.6 is 11.6 Å². The van der Waals surface area contributed by atoms with Crippen molar-refractivity contribution in [3.63, 3.8) is 0 Å². The largest absolute Gasteiger partial charge is 0.387 e. The molecule has 88 valence electrons. The number of rotatable bonds is 4. The van der Waals surface area contributed by atoms with Gasteiger partial charge in [0.05, 0.1) is 5.56 Å². The average Bonchev–Trinajstić information content (AvgIpc) is 2.25. The van der Waals surface area contributed by atoms with E-state index in [0.29, 0.717) is 23.0 Å². The summed E-state index contributed by atoms with van der Waals surface area (Å²) in [6.07, 6.45) is 0. The number of carbonyl (C=O) groups is 1. The Hall–Kier alpha value is -1.22. The minimum Gasteiger partial charge on any atom is -0.387 e. The molecule has 0 fully saturated rings. The number of hydrogen-bond acceptors (Lipinski definition) is 2. The zero-order valence-electron chi connectivity index (χ0n) is 9.80. The first-order valence-corrected chi connectivity index (χ1v) is 5.68. The average molecular weight is 241 g/mol. The third-order valence-electron chi connectivity index (χ3n) is 2.17. The summed E-state index contributed by atoms with van der Waals surface area (Å²) >= 11 is 5.87. The van der Waals surface area contributed by atoms with Crippen molar-refractivity contribution < 1.29 is 4.79 Å². The highest BCUT2D eigenvalue weighted by Gasteiger charge is 2.11. The van der Waals surface area contributed by atoms with Gasteiger partial charge in [-0.1, -0.05) is 25.4 Å². The molecule has 0 bridgehead atoms. The summed E-state index contributed by atoms with van der Waals surface area (Å²) in [4.78, 5) is 11.9. The second kappa shape index (κ2) is 5.75. The van der Waals surface area contributed by atoms with Crippen LogP contribution in [0.25, 0.3) is 0 Å². The summed E-state index contributed by atoms with van der Waals surface area (Å²) in [7, 11) is 1.78. The maximum absolute atomic E-state index is 11.9. The maximum Gasteiger partial charge on any atom is 0.253 e. The minimum absolute atomic E-state index is 0.0967. The smallest absolute Gasteiger partial charge is 0.253 e. The van der Waals surface area contributed by atoms with Gasteiger partial charge in [0.15, 0.2) is 0 Å². The van der Waals surface area contributed by atoms with Crippen LogP contribution in [0.15, 0.2) is 18.2 Å². The van der Waals surface area contributed by atoms with E-state index >= 15 is 0 Å². The Morgan fingerprint density at radius 2 is 2.12 bits per heavy atom. The summed E-state index contributed by atoms with van der Waals surface area (Å²) < 4.78 is 0. The Labute approximate surface area is 101 Å². The van der Waals surface area contributed by atoms with Crippen LogP contribution < -0.4 is 10.6 Å². The summed E-state index contributed by atoms with van der Waals surface area (Å²) in [5.74, 6) is 0.335. The second-order valence-electron chi connectivity index (χ2n) is 4.04. The molecule has 0 unspecified atom stereocenters. The van der Waals surface area contributed by atoms with E-state index in [1.807, 2.05) is 0 Å². The van der Waals surface area contributed by atoms with Crippen LogP contribution in [0.2, 0.25) is 5.02 Å². The molecule has 0 atom stereocenters. The number of carbonyl (C=O) groups excluding carboxylic acids is 1. The molecule has 0 spiro atoms. The molecule has 1 amide bonds. The van der Waals surface area contributed by atoms with E-state index in [0.717, 1.165) is 5.69 Å². The molecule has 1 aromatic carbocycles. The van der Waals surface area contributed by atoms with Gasteiger partial charge in [0.1, 0.15) is 0 Å². The minimum atomic E-state index is -0.0967. The van der Waals surface area contributed by atoms with Crippen LogP contribution in [0.4, 0.5) is 5.69 Å². The van der Waals surface area contributed by atoms with Crippen molar-refractivity contribution in [2.45, 2.75) is 13.8 Å². The molecule has 0 radical (unpaired) electrons. The zero-order valence-corrected chi connectivity index (χ0v) is 10.6. The van der Waals surface area contributed by atoms with E-state index in [-0.39, 0.29) is 5.91 Å². The van der Waals surface area contributed by atoms with Gasteiger partial charge in [-0.05, 0) is 24.1 Å². The van der Waals surface area contributed by atoms with Crippen LogP contribution in [0.3, 0.4) is 0 Å². The molecule has 0 saturated heterocycles. The monoisotopic (exact) mass is 240 g/mol.